The zero-order chi connectivity index (χ0) is 10.8. The van der Waals surface area contributed by atoms with E-state index < -0.39 is 0 Å². The van der Waals surface area contributed by atoms with E-state index in [-0.39, 0.29) is 0 Å². The van der Waals surface area contributed by atoms with Crippen LogP contribution in [0.1, 0.15) is 18.1 Å². The maximum absolute atomic E-state index is 4.29. The van der Waals surface area contributed by atoms with E-state index in [1.807, 2.05) is 0 Å². The highest BCUT2D eigenvalue weighted by molar-refractivity contribution is 5.01. The van der Waals surface area contributed by atoms with Gasteiger partial charge in [0, 0.05) is 52.1 Å². The highest BCUT2D eigenvalue weighted by Crippen LogP contribution is 2.14. The highest BCUT2D eigenvalue weighted by Gasteiger charge is 2.18. The maximum atomic E-state index is 4.29. The molecule has 0 aromatic carbocycles. The summed E-state index contributed by atoms with van der Waals surface area (Å²) in [5.41, 5.74) is 0. The molecule has 0 radical (unpaired) electrons. The predicted molar refractivity (Wildman–Crippen MR) is 61.4 cm³/mol. The number of hydrogen-bond donors (Lipinski definition) is 1. The molecule has 0 spiro atoms. The predicted octanol–water partition coefficient (Wildman–Crippen LogP) is -0.328. The van der Waals surface area contributed by atoms with Crippen LogP contribution in [0.4, 0.5) is 0 Å². The zero-order valence-electron chi connectivity index (χ0n) is 9.65. The Bertz CT molecular complexity index is 353. The lowest BCUT2D eigenvalue weighted by molar-refractivity contribution is 0.241. The van der Waals surface area contributed by atoms with Crippen molar-refractivity contribution >= 4 is 0 Å². The van der Waals surface area contributed by atoms with Crippen LogP contribution in [-0.2, 0) is 19.4 Å². The third-order valence-electron chi connectivity index (χ3n) is 3.55. The molecule has 0 unspecified atom stereocenters. The third-order valence-corrected chi connectivity index (χ3v) is 3.55. The van der Waals surface area contributed by atoms with Crippen molar-refractivity contribution in [3.05, 3.63) is 11.6 Å². The van der Waals surface area contributed by atoms with E-state index >= 15 is 0 Å². The average molecular weight is 221 g/mol. The molecule has 0 bridgehead atoms. The molecule has 0 amide bonds. The van der Waals surface area contributed by atoms with Gasteiger partial charge in [-0.2, -0.15) is 0 Å². The summed E-state index contributed by atoms with van der Waals surface area (Å²) in [5, 5.41) is 11.9. The normalized spacial score (nSPS) is 21.2. The lowest BCUT2D eigenvalue weighted by Crippen LogP contribution is -2.44. The fourth-order valence-corrected chi connectivity index (χ4v) is 2.59. The number of hydrogen-bond acceptors (Lipinski definition) is 4. The molecule has 88 valence electrons. The maximum Gasteiger partial charge on any atom is 0.134 e. The number of piperazine rings is 1. The molecule has 1 aromatic rings. The Morgan fingerprint density at radius 2 is 2.00 bits per heavy atom. The molecule has 3 rings (SSSR count). The summed E-state index contributed by atoms with van der Waals surface area (Å²) < 4.78 is 2.31. The molecule has 0 aliphatic carbocycles. The van der Waals surface area contributed by atoms with Crippen LogP contribution in [0.25, 0.3) is 0 Å². The van der Waals surface area contributed by atoms with Crippen LogP contribution in [-0.4, -0.2) is 52.4 Å². The number of fused-ring (bicyclic) bond motifs is 1. The van der Waals surface area contributed by atoms with Gasteiger partial charge in [0.25, 0.3) is 0 Å². The van der Waals surface area contributed by atoms with Gasteiger partial charge in [-0.15, -0.1) is 10.2 Å². The van der Waals surface area contributed by atoms with Gasteiger partial charge in [0.05, 0.1) is 0 Å². The minimum Gasteiger partial charge on any atom is -0.315 e. The largest absolute Gasteiger partial charge is 0.315 e. The molecule has 0 atom stereocenters. The molecule has 5 heteroatoms. The molecule has 2 aliphatic heterocycles. The summed E-state index contributed by atoms with van der Waals surface area (Å²) in [6.45, 7) is 6.83. The molecule has 0 saturated carbocycles. The highest BCUT2D eigenvalue weighted by atomic mass is 15.3. The van der Waals surface area contributed by atoms with Crippen molar-refractivity contribution in [1.29, 1.82) is 0 Å². The van der Waals surface area contributed by atoms with E-state index in [1.54, 1.807) is 0 Å². The van der Waals surface area contributed by atoms with Gasteiger partial charge in [0.2, 0.25) is 0 Å². The SMILES string of the molecule is C1Cc2nnc(CCN3CCNCC3)n2C1. The van der Waals surface area contributed by atoms with Gasteiger partial charge >= 0.3 is 0 Å². The van der Waals surface area contributed by atoms with E-state index in [4.69, 9.17) is 0 Å². The van der Waals surface area contributed by atoms with Crippen LogP contribution in [0.15, 0.2) is 0 Å². The molecule has 1 fully saturated rings. The average Bonchev–Trinajstić information content (AvgIpc) is 2.90. The molecule has 1 aromatic heterocycles. The quantitative estimate of drug-likeness (QED) is 0.759. The van der Waals surface area contributed by atoms with Gasteiger partial charge in [-0.05, 0) is 6.42 Å². The van der Waals surface area contributed by atoms with Gasteiger partial charge in [0.1, 0.15) is 11.6 Å². The summed E-state index contributed by atoms with van der Waals surface area (Å²) >= 11 is 0. The fourth-order valence-electron chi connectivity index (χ4n) is 2.59. The van der Waals surface area contributed by atoms with Crippen molar-refractivity contribution in [2.24, 2.45) is 0 Å². The monoisotopic (exact) mass is 221 g/mol. The van der Waals surface area contributed by atoms with Crippen molar-refractivity contribution in [3.63, 3.8) is 0 Å². The molecule has 2 aliphatic rings. The summed E-state index contributed by atoms with van der Waals surface area (Å²) in [7, 11) is 0. The number of nitrogens with zero attached hydrogens (tertiary/aromatic N) is 4. The minimum atomic E-state index is 1.05. The topological polar surface area (TPSA) is 46.0 Å². The van der Waals surface area contributed by atoms with Crippen LogP contribution in [0.5, 0.6) is 0 Å². The second kappa shape index (κ2) is 4.51. The van der Waals surface area contributed by atoms with Gasteiger partial charge in [-0.25, -0.2) is 0 Å². The summed E-state index contributed by atoms with van der Waals surface area (Å²) in [6, 6.07) is 0. The van der Waals surface area contributed by atoms with Crippen LogP contribution in [0.2, 0.25) is 0 Å². The first-order valence-corrected chi connectivity index (χ1v) is 6.27. The third kappa shape index (κ3) is 1.97. The van der Waals surface area contributed by atoms with Gasteiger partial charge < -0.3 is 14.8 Å². The van der Waals surface area contributed by atoms with Crippen LogP contribution < -0.4 is 5.32 Å². The number of nitrogens with one attached hydrogen (secondary N) is 1. The molecule has 3 heterocycles. The summed E-state index contributed by atoms with van der Waals surface area (Å²) in [5.74, 6) is 2.38. The Balaban J connectivity index is 1.57. The van der Waals surface area contributed by atoms with E-state index in [0.717, 1.165) is 39.0 Å². The number of aromatic nitrogens is 3. The second-order valence-corrected chi connectivity index (χ2v) is 4.63. The molecular formula is C11H19N5. The van der Waals surface area contributed by atoms with Crippen LogP contribution in [0, 0.1) is 0 Å². The zero-order valence-corrected chi connectivity index (χ0v) is 9.65. The van der Waals surface area contributed by atoms with E-state index in [0.29, 0.717) is 0 Å². The first kappa shape index (κ1) is 10.2. The first-order valence-electron chi connectivity index (χ1n) is 6.27. The number of aryl methyl sites for hydroxylation is 1. The summed E-state index contributed by atoms with van der Waals surface area (Å²) in [6.07, 6.45) is 3.40. The minimum absolute atomic E-state index is 1.05. The molecule has 16 heavy (non-hydrogen) atoms. The van der Waals surface area contributed by atoms with E-state index in [2.05, 4.69) is 25.0 Å². The van der Waals surface area contributed by atoms with Crippen molar-refractivity contribution in [3.8, 4) is 0 Å². The lowest BCUT2D eigenvalue weighted by atomic mass is 10.3. The van der Waals surface area contributed by atoms with Gasteiger partial charge in [0.15, 0.2) is 0 Å². The van der Waals surface area contributed by atoms with Crippen molar-refractivity contribution in [2.45, 2.75) is 25.8 Å². The first-order chi connectivity index (χ1) is 7.93. The fraction of sp³-hybridized carbons (Fsp3) is 0.818. The Kier molecular flexibility index (Phi) is 2.88. The second-order valence-electron chi connectivity index (χ2n) is 4.63. The van der Waals surface area contributed by atoms with Gasteiger partial charge in [-0.3, -0.25) is 0 Å². The lowest BCUT2D eigenvalue weighted by Gasteiger charge is -2.26. The molecule has 1 saturated heterocycles. The Morgan fingerprint density at radius 1 is 1.12 bits per heavy atom. The van der Waals surface area contributed by atoms with Crippen LogP contribution >= 0.6 is 0 Å². The number of rotatable bonds is 3. The van der Waals surface area contributed by atoms with Gasteiger partial charge in [-0.1, -0.05) is 0 Å². The van der Waals surface area contributed by atoms with Crippen molar-refractivity contribution in [2.75, 3.05) is 32.7 Å². The smallest absolute Gasteiger partial charge is 0.134 e. The summed E-state index contributed by atoms with van der Waals surface area (Å²) in [4.78, 5) is 2.51. The molecule has 1 N–H and O–H groups in total. The Hall–Kier alpha value is -0.940. The standard InChI is InChI=1S/C11H19N5/c1-2-10-13-14-11(16(10)6-1)3-7-15-8-4-12-5-9-15/h12H,1-9H2. The molecular weight excluding hydrogens is 202 g/mol. The Labute approximate surface area is 95.8 Å². The van der Waals surface area contributed by atoms with E-state index in [1.165, 1.54) is 31.2 Å². The van der Waals surface area contributed by atoms with Crippen molar-refractivity contribution in [1.82, 2.24) is 25.0 Å². The molecule has 5 nitrogen and oxygen atoms in total. The van der Waals surface area contributed by atoms with Crippen LogP contribution in [0.3, 0.4) is 0 Å². The van der Waals surface area contributed by atoms with E-state index in [9.17, 15) is 0 Å². The Morgan fingerprint density at radius 3 is 2.88 bits per heavy atom. The van der Waals surface area contributed by atoms with Crippen molar-refractivity contribution < 1.29 is 0 Å².